The van der Waals surface area contributed by atoms with E-state index in [2.05, 4.69) is 33.1 Å². The molecular formula is C22H27IN4O2S. The number of rotatable bonds is 8. The van der Waals surface area contributed by atoms with Crippen LogP contribution in [0.25, 0.3) is 10.6 Å². The van der Waals surface area contributed by atoms with Crippen molar-refractivity contribution in [1.82, 2.24) is 10.3 Å². The summed E-state index contributed by atoms with van der Waals surface area (Å²) < 4.78 is 11.0. The number of aromatic nitrogens is 1. The van der Waals surface area contributed by atoms with Crippen LogP contribution in [0.2, 0.25) is 0 Å². The van der Waals surface area contributed by atoms with Gasteiger partial charge in [-0.2, -0.15) is 0 Å². The average Bonchev–Trinajstić information content (AvgIpc) is 3.22. The lowest BCUT2D eigenvalue weighted by Gasteiger charge is -2.14. The normalized spacial score (nSPS) is 10.8. The number of ether oxygens (including phenoxy) is 2. The van der Waals surface area contributed by atoms with Gasteiger partial charge >= 0.3 is 0 Å². The first-order valence-electron chi connectivity index (χ1n) is 9.59. The van der Waals surface area contributed by atoms with Crippen molar-refractivity contribution in [3.8, 4) is 22.1 Å². The van der Waals surface area contributed by atoms with Gasteiger partial charge in [0.15, 0.2) is 17.5 Å². The Morgan fingerprint density at radius 2 is 1.90 bits per heavy atom. The zero-order valence-corrected chi connectivity index (χ0v) is 20.5. The number of halogens is 1. The summed E-state index contributed by atoms with van der Waals surface area (Å²) in [5.74, 6) is 2.09. The number of aliphatic imine (C=N–C) groups is 1. The Kier molecular flexibility index (Phi) is 9.88. The molecule has 0 aliphatic rings. The Balaban J connectivity index is 0.00000320. The van der Waals surface area contributed by atoms with Gasteiger partial charge in [0, 0.05) is 29.2 Å². The van der Waals surface area contributed by atoms with Gasteiger partial charge in [-0.3, -0.25) is 0 Å². The van der Waals surface area contributed by atoms with E-state index in [0.29, 0.717) is 30.6 Å². The van der Waals surface area contributed by atoms with Gasteiger partial charge in [-0.05, 0) is 26.0 Å². The summed E-state index contributed by atoms with van der Waals surface area (Å²) in [5, 5.41) is 9.64. The second-order valence-corrected chi connectivity index (χ2v) is 6.99. The van der Waals surface area contributed by atoms with Gasteiger partial charge < -0.3 is 20.1 Å². The molecule has 0 aliphatic carbocycles. The maximum absolute atomic E-state index is 5.65. The summed E-state index contributed by atoms with van der Waals surface area (Å²) in [7, 11) is 1.63. The smallest absolute Gasteiger partial charge is 0.196 e. The van der Waals surface area contributed by atoms with Crippen LogP contribution in [0.5, 0.6) is 11.5 Å². The molecule has 8 heteroatoms. The lowest BCUT2D eigenvalue weighted by molar-refractivity contribution is 0.311. The third-order valence-corrected chi connectivity index (χ3v) is 4.98. The largest absolute Gasteiger partial charge is 0.493 e. The van der Waals surface area contributed by atoms with Crippen LogP contribution in [0.4, 0.5) is 5.69 Å². The van der Waals surface area contributed by atoms with Gasteiger partial charge in [0.05, 0.1) is 26.0 Å². The molecule has 160 valence electrons. The number of methoxy groups -OCH3 is 1. The molecule has 0 aliphatic heterocycles. The molecule has 0 amide bonds. The molecule has 1 aromatic heterocycles. The highest BCUT2D eigenvalue weighted by atomic mass is 127. The van der Waals surface area contributed by atoms with E-state index in [4.69, 9.17) is 14.5 Å². The monoisotopic (exact) mass is 538 g/mol. The van der Waals surface area contributed by atoms with E-state index in [1.807, 2.05) is 50.2 Å². The molecule has 6 nitrogen and oxygen atoms in total. The number of thiazole rings is 1. The Morgan fingerprint density at radius 3 is 2.60 bits per heavy atom. The van der Waals surface area contributed by atoms with Crippen LogP contribution < -0.4 is 20.1 Å². The van der Waals surface area contributed by atoms with Crippen LogP contribution >= 0.6 is 35.3 Å². The molecule has 0 radical (unpaired) electrons. The quantitative estimate of drug-likeness (QED) is 0.228. The van der Waals surface area contributed by atoms with E-state index in [1.54, 1.807) is 18.4 Å². The predicted molar refractivity (Wildman–Crippen MR) is 136 cm³/mol. The SMILES string of the molecule is CCNC(=NCc1csc(-c2ccccc2)n1)Nc1ccc(OC)c(OCC)c1.I. The first-order chi connectivity index (χ1) is 14.2. The molecule has 0 atom stereocenters. The highest BCUT2D eigenvalue weighted by molar-refractivity contribution is 14.0. The van der Waals surface area contributed by atoms with Gasteiger partial charge in [0.25, 0.3) is 0 Å². The van der Waals surface area contributed by atoms with Crippen LogP contribution in [-0.2, 0) is 6.54 Å². The van der Waals surface area contributed by atoms with Gasteiger partial charge in [0.2, 0.25) is 0 Å². The number of nitrogens with zero attached hydrogens (tertiary/aromatic N) is 2. The van der Waals surface area contributed by atoms with Crippen LogP contribution in [-0.4, -0.2) is 31.2 Å². The van der Waals surface area contributed by atoms with Crippen molar-refractivity contribution in [2.45, 2.75) is 20.4 Å². The second kappa shape index (κ2) is 12.4. The molecule has 1 heterocycles. The Morgan fingerprint density at radius 1 is 1.10 bits per heavy atom. The number of anilines is 1. The summed E-state index contributed by atoms with van der Waals surface area (Å²) in [6.07, 6.45) is 0. The summed E-state index contributed by atoms with van der Waals surface area (Å²) in [4.78, 5) is 9.37. The second-order valence-electron chi connectivity index (χ2n) is 6.13. The standard InChI is InChI=1S/C22H26N4O2S.HI/c1-4-23-22(26-17-11-12-19(27-3)20(13-17)28-5-2)24-14-18-15-29-21(25-18)16-9-7-6-8-10-16;/h6-13,15H,4-5,14H2,1-3H3,(H2,23,24,26);1H. The molecule has 2 N–H and O–H groups in total. The maximum Gasteiger partial charge on any atom is 0.196 e. The van der Waals surface area contributed by atoms with Crippen LogP contribution in [0.3, 0.4) is 0 Å². The van der Waals surface area contributed by atoms with Crippen LogP contribution in [0.1, 0.15) is 19.5 Å². The highest BCUT2D eigenvalue weighted by Gasteiger charge is 2.08. The van der Waals surface area contributed by atoms with E-state index in [-0.39, 0.29) is 24.0 Å². The van der Waals surface area contributed by atoms with Gasteiger partial charge in [-0.1, -0.05) is 30.3 Å². The number of hydrogen-bond donors (Lipinski definition) is 2. The van der Waals surface area contributed by atoms with Crippen LogP contribution in [0, 0.1) is 0 Å². The lowest BCUT2D eigenvalue weighted by atomic mass is 10.2. The first-order valence-corrected chi connectivity index (χ1v) is 10.5. The van der Waals surface area contributed by atoms with Crippen molar-refractivity contribution in [3.05, 3.63) is 59.6 Å². The van der Waals surface area contributed by atoms with Crippen molar-refractivity contribution >= 4 is 47.0 Å². The highest BCUT2D eigenvalue weighted by Crippen LogP contribution is 2.30. The summed E-state index contributed by atoms with van der Waals surface area (Å²) in [6.45, 7) is 5.80. The molecule has 3 rings (SSSR count). The fourth-order valence-electron chi connectivity index (χ4n) is 2.72. The van der Waals surface area contributed by atoms with E-state index in [0.717, 1.165) is 28.5 Å². The van der Waals surface area contributed by atoms with Gasteiger partial charge in [-0.25, -0.2) is 9.98 Å². The zero-order valence-electron chi connectivity index (χ0n) is 17.3. The van der Waals surface area contributed by atoms with E-state index >= 15 is 0 Å². The molecule has 0 bridgehead atoms. The summed E-state index contributed by atoms with van der Waals surface area (Å²) in [5.41, 5.74) is 2.94. The van der Waals surface area contributed by atoms with Gasteiger partial charge in [0.1, 0.15) is 5.01 Å². The van der Waals surface area contributed by atoms with Gasteiger partial charge in [-0.15, -0.1) is 35.3 Å². The van der Waals surface area contributed by atoms with E-state index in [1.165, 1.54) is 0 Å². The van der Waals surface area contributed by atoms with E-state index < -0.39 is 0 Å². The fourth-order valence-corrected chi connectivity index (χ4v) is 3.54. The lowest BCUT2D eigenvalue weighted by Crippen LogP contribution is -2.30. The third-order valence-electron chi connectivity index (χ3n) is 4.04. The molecular weight excluding hydrogens is 511 g/mol. The Labute approximate surface area is 198 Å². The van der Waals surface area contributed by atoms with Crippen molar-refractivity contribution in [2.24, 2.45) is 4.99 Å². The Bertz CT molecular complexity index is 947. The molecule has 0 fully saturated rings. The molecule has 2 aromatic carbocycles. The Hall–Kier alpha value is -2.33. The molecule has 0 saturated heterocycles. The molecule has 0 spiro atoms. The predicted octanol–water partition coefficient (Wildman–Crippen LogP) is 5.41. The minimum absolute atomic E-state index is 0. The van der Waals surface area contributed by atoms with Crippen molar-refractivity contribution in [2.75, 3.05) is 25.6 Å². The van der Waals surface area contributed by atoms with Crippen molar-refractivity contribution in [3.63, 3.8) is 0 Å². The topological polar surface area (TPSA) is 67.8 Å². The number of nitrogens with one attached hydrogen (secondary N) is 2. The summed E-state index contributed by atoms with van der Waals surface area (Å²) in [6, 6.07) is 15.9. The molecule has 30 heavy (non-hydrogen) atoms. The zero-order chi connectivity index (χ0) is 20.5. The minimum Gasteiger partial charge on any atom is -0.493 e. The number of hydrogen-bond acceptors (Lipinski definition) is 5. The first kappa shape index (κ1) is 23.9. The average molecular weight is 538 g/mol. The maximum atomic E-state index is 5.65. The number of guanidine groups is 1. The summed E-state index contributed by atoms with van der Waals surface area (Å²) >= 11 is 1.63. The molecule has 0 unspecified atom stereocenters. The fraction of sp³-hybridized carbons (Fsp3) is 0.273. The third kappa shape index (κ3) is 6.60. The van der Waals surface area contributed by atoms with Crippen LogP contribution in [0.15, 0.2) is 58.9 Å². The molecule has 0 saturated carbocycles. The minimum atomic E-state index is 0. The molecule has 3 aromatic rings. The number of benzene rings is 2. The van der Waals surface area contributed by atoms with E-state index in [9.17, 15) is 0 Å². The van der Waals surface area contributed by atoms with Crippen molar-refractivity contribution < 1.29 is 9.47 Å². The van der Waals surface area contributed by atoms with Crippen molar-refractivity contribution in [1.29, 1.82) is 0 Å².